The molecule has 0 amide bonds. The fraction of sp³-hybridized carbons (Fsp3) is 0.462. The molecule has 1 aromatic rings. The Morgan fingerprint density at radius 2 is 2.17 bits per heavy atom. The minimum atomic E-state index is -0.866. The number of rotatable bonds is 3. The number of likely N-dealkylation sites (tertiary alicyclic amines) is 1. The first-order valence-electron chi connectivity index (χ1n) is 5.87. The van der Waals surface area contributed by atoms with E-state index in [1.807, 2.05) is 11.8 Å². The van der Waals surface area contributed by atoms with Gasteiger partial charge in [0.2, 0.25) is 0 Å². The van der Waals surface area contributed by atoms with Gasteiger partial charge in [0, 0.05) is 25.2 Å². The van der Waals surface area contributed by atoms with Crippen LogP contribution in [0.4, 0.5) is 8.78 Å². The molecule has 18 heavy (non-hydrogen) atoms. The van der Waals surface area contributed by atoms with E-state index in [0.29, 0.717) is 13.1 Å². The zero-order valence-corrected chi connectivity index (χ0v) is 10.1. The second-order valence-electron chi connectivity index (χ2n) is 4.83. The van der Waals surface area contributed by atoms with E-state index >= 15 is 0 Å². The lowest BCUT2D eigenvalue weighted by Crippen LogP contribution is -2.23. The molecule has 1 aromatic carbocycles. The molecule has 1 aliphatic heterocycles. The van der Waals surface area contributed by atoms with Crippen LogP contribution in [0.1, 0.15) is 12.5 Å². The average molecular weight is 255 g/mol. The topological polar surface area (TPSA) is 40.5 Å². The maximum atomic E-state index is 13.5. The van der Waals surface area contributed by atoms with Crippen LogP contribution in [0.5, 0.6) is 0 Å². The van der Waals surface area contributed by atoms with Crippen LogP contribution in [-0.2, 0) is 11.3 Å². The molecular weight excluding hydrogens is 240 g/mol. The van der Waals surface area contributed by atoms with Gasteiger partial charge in [0.25, 0.3) is 0 Å². The number of carbonyl (C=O) groups is 1. The van der Waals surface area contributed by atoms with Crippen molar-refractivity contribution in [2.45, 2.75) is 13.5 Å². The molecule has 5 heteroatoms. The first-order valence-corrected chi connectivity index (χ1v) is 5.87. The number of benzene rings is 1. The smallest absolute Gasteiger partial charge is 0.308 e. The highest BCUT2D eigenvalue weighted by Gasteiger charge is 2.34. The number of hydrogen-bond donors (Lipinski definition) is 1. The molecule has 0 spiro atoms. The molecule has 1 heterocycles. The predicted molar refractivity (Wildman–Crippen MR) is 61.9 cm³/mol. The van der Waals surface area contributed by atoms with Crippen LogP contribution in [0, 0.1) is 23.5 Å². The summed E-state index contributed by atoms with van der Waals surface area (Å²) in [5, 5.41) is 9.01. The summed E-state index contributed by atoms with van der Waals surface area (Å²) < 4.78 is 26.5. The number of nitrogens with zero attached hydrogens (tertiary/aromatic N) is 1. The fourth-order valence-electron chi connectivity index (χ4n) is 2.43. The van der Waals surface area contributed by atoms with E-state index in [1.54, 1.807) is 0 Å². The number of halogens is 2. The second kappa shape index (κ2) is 5.02. The fourth-order valence-corrected chi connectivity index (χ4v) is 2.43. The van der Waals surface area contributed by atoms with Gasteiger partial charge in [-0.15, -0.1) is 0 Å². The minimum Gasteiger partial charge on any atom is -0.481 e. The molecule has 0 bridgehead atoms. The van der Waals surface area contributed by atoms with Crippen LogP contribution in [0.25, 0.3) is 0 Å². The van der Waals surface area contributed by atoms with Gasteiger partial charge < -0.3 is 5.11 Å². The zero-order valence-electron chi connectivity index (χ0n) is 10.1. The molecule has 98 valence electrons. The monoisotopic (exact) mass is 255 g/mol. The molecule has 3 nitrogen and oxygen atoms in total. The lowest BCUT2D eigenvalue weighted by molar-refractivity contribution is -0.142. The van der Waals surface area contributed by atoms with Crippen LogP contribution in [0.3, 0.4) is 0 Å². The highest BCUT2D eigenvalue weighted by atomic mass is 19.2. The standard InChI is InChI=1S/C13H15F2NO2/c1-8-5-16(7-10(8)13(17)18)6-9-3-2-4-11(14)12(9)15/h2-4,8,10H,5-7H2,1H3,(H,17,18)/t8-,10-/m1/s1. The van der Waals surface area contributed by atoms with Crippen molar-refractivity contribution in [3.05, 3.63) is 35.4 Å². The maximum absolute atomic E-state index is 13.5. The van der Waals surface area contributed by atoms with E-state index in [-0.39, 0.29) is 18.0 Å². The maximum Gasteiger partial charge on any atom is 0.308 e. The predicted octanol–water partition coefficient (Wildman–Crippen LogP) is 2.12. The first-order chi connectivity index (χ1) is 8.49. The molecule has 0 unspecified atom stereocenters. The Morgan fingerprint density at radius 3 is 2.78 bits per heavy atom. The molecule has 0 radical (unpaired) electrons. The summed E-state index contributed by atoms with van der Waals surface area (Å²) >= 11 is 0. The van der Waals surface area contributed by atoms with Gasteiger partial charge in [-0.3, -0.25) is 9.69 Å². The van der Waals surface area contributed by atoms with Crippen molar-refractivity contribution in [1.82, 2.24) is 4.90 Å². The molecule has 1 aliphatic rings. The van der Waals surface area contributed by atoms with Crippen molar-refractivity contribution >= 4 is 5.97 Å². The van der Waals surface area contributed by atoms with Gasteiger partial charge in [-0.25, -0.2) is 8.78 Å². The van der Waals surface area contributed by atoms with Gasteiger partial charge in [0.15, 0.2) is 11.6 Å². The van der Waals surface area contributed by atoms with E-state index < -0.39 is 23.5 Å². The summed E-state index contributed by atoms with van der Waals surface area (Å²) in [6.07, 6.45) is 0. The van der Waals surface area contributed by atoms with E-state index in [1.165, 1.54) is 12.1 Å². The Bertz CT molecular complexity index is 464. The lowest BCUT2D eigenvalue weighted by Gasteiger charge is -2.15. The summed E-state index contributed by atoms with van der Waals surface area (Å²) in [7, 11) is 0. The largest absolute Gasteiger partial charge is 0.481 e. The third kappa shape index (κ3) is 2.51. The molecule has 2 atom stereocenters. The SMILES string of the molecule is C[C@@H]1CN(Cc2cccc(F)c2F)C[C@H]1C(=O)O. The van der Waals surface area contributed by atoms with Gasteiger partial charge >= 0.3 is 5.97 Å². The van der Waals surface area contributed by atoms with Crippen LogP contribution in [0.2, 0.25) is 0 Å². The van der Waals surface area contributed by atoms with E-state index in [4.69, 9.17) is 5.11 Å². The molecule has 1 saturated heterocycles. The number of hydrogen-bond acceptors (Lipinski definition) is 2. The Kier molecular flexibility index (Phi) is 3.61. The van der Waals surface area contributed by atoms with Crippen molar-refractivity contribution in [2.75, 3.05) is 13.1 Å². The minimum absolute atomic E-state index is 0.0270. The van der Waals surface area contributed by atoms with Gasteiger partial charge in [-0.05, 0) is 12.0 Å². The second-order valence-corrected chi connectivity index (χ2v) is 4.83. The van der Waals surface area contributed by atoms with Gasteiger partial charge in [-0.2, -0.15) is 0 Å². The van der Waals surface area contributed by atoms with E-state index in [2.05, 4.69) is 0 Å². The third-order valence-corrected chi connectivity index (χ3v) is 3.43. The quantitative estimate of drug-likeness (QED) is 0.899. The lowest BCUT2D eigenvalue weighted by atomic mass is 9.99. The average Bonchev–Trinajstić information content (AvgIpc) is 2.66. The van der Waals surface area contributed by atoms with Crippen LogP contribution < -0.4 is 0 Å². The summed E-state index contributed by atoms with van der Waals surface area (Å²) in [6.45, 7) is 3.08. The zero-order chi connectivity index (χ0) is 13.3. The molecule has 0 aromatic heterocycles. The van der Waals surface area contributed by atoms with E-state index in [9.17, 15) is 13.6 Å². The third-order valence-electron chi connectivity index (χ3n) is 3.43. The number of carboxylic acids is 1. The Labute approximate surface area is 104 Å². The van der Waals surface area contributed by atoms with Gasteiger partial charge in [0.1, 0.15) is 0 Å². The molecule has 2 rings (SSSR count). The van der Waals surface area contributed by atoms with Crippen molar-refractivity contribution in [3.8, 4) is 0 Å². The summed E-state index contributed by atoms with van der Waals surface area (Å²) in [6, 6.07) is 4.06. The molecular formula is C13H15F2NO2. The van der Waals surface area contributed by atoms with Crippen molar-refractivity contribution < 1.29 is 18.7 Å². The molecule has 0 saturated carbocycles. The van der Waals surface area contributed by atoms with Crippen LogP contribution in [-0.4, -0.2) is 29.1 Å². The molecule has 1 fully saturated rings. The highest BCUT2D eigenvalue weighted by Crippen LogP contribution is 2.25. The Balaban J connectivity index is 2.07. The van der Waals surface area contributed by atoms with Crippen molar-refractivity contribution in [2.24, 2.45) is 11.8 Å². The Hall–Kier alpha value is -1.49. The van der Waals surface area contributed by atoms with Gasteiger partial charge in [0.05, 0.1) is 5.92 Å². The van der Waals surface area contributed by atoms with Gasteiger partial charge in [-0.1, -0.05) is 19.1 Å². The molecule has 0 aliphatic carbocycles. The summed E-state index contributed by atoms with van der Waals surface area (Å²) in [4.78, 5) is 12.8. The molecule has 1 N–H and O–H groups in total. The number of aliphatic carboxylic acids is 1. The van der Waals surface area contributed by atoms with Crippen molar-refractivity contribution in [1.29, 1.82) is 0 Å². The summed E-state index contributed by atoms with van der Waals surface area (Å²) in [5.41, 5.74) is 0.272. The number of carboxylic acid groups (broad SMARTS) is 1. The van der Waals surface area contributed by atoms with E-state index in [0.717, 1.165) is 6.07 Å². The first kappa shape index (κ1) is 13.0. The highest BCUT2D eigenvalue weighted by molar-refractivity contribution is 5.71. The van der Waals surface area contributed by atoms with Crippen LogP contribution >= 0.6 is 0 Å². The van der Waals surface area contributed by atoms with Crippen LogP contribution in [0.15, 0.2) is 18.2 Å². The normalized spacial score (nSPS) is 24.4. The Morgan fingerprint density at radius 1 is 1.44 bits per heavy atom. The summed E-state index contributed by atoms with van der Waals surface area (Å²) in [5.74, 6) is -2.94. The van der Waals surface area contributed by atoms with Crippen molar-refractivity contribution in [3.63, 3.8) is 0 Å².